The molecule has 2 rings (SSSR count). The summed E-state index contributed by atoms with van der Waals surface area (Å²) in [5.41, 5.74) is 1.16. The molecule has 2 aromatic rings. The highest BCUT2D eigenvalue weighted by atomic mass is 16.1. The summed E-state index contributed by atoms with van der Waals surface area (Å²) < 4.78 is 1.22. The van der Waals surface area contributed by atoms with Gasteiger partial charge in [0.05, 0.1) is 0 Å². The van der Waals surface area contributed by atoms with Crippen LogP contribution in [0, 0.1) is 6.92 Å². The summed E-state index contributed by atoms with van der Waals surface area (Å²) in [5.74, 6) is 0. The molecule has 0 atom stereocenters. The molecule has 0 fully saturated rings. The topological polar surface area (TPSA) is 50.2 Å². The van der Waals surface area contributed by atoms with Crippen molar-refractivity contribution in [2.24, 2.45) is 0 Å². The first-order valence-corrected chi connectivity index (χ1v) is 3.73. The number of rotatable bonds is 0. The Kier molecular flexibility index (Phi) is 1.58. The molecule has 0 bridgehead atoms. The smallest absolute Gasteiger partial charge is 0.265 e. The van der Waals surface area contributed by atoms with Gasteiger partial charge in [-0.15, -0.1) is 0 Å². The number of hydrogen-bond acceptors (Lipinski definition) is 2. The van der Waals surface area contributed by atoms with Crippen molar-refractivity contribution in [2.45, 2.75) is 6.92 Å². The average Bonchev–Trinajstić information content (AvgIpc) is 2.45. The van der Waals surface area contributed by atoms with E-state index >= 15 is 0 Å². The molecule has 0 aliphatic carbocycles. The Morgan fingerprint density at radius 2 is 2.23 bits per heavy atom. The number of aromatic amines is 1. The minimum absolute atomic E-state index is 0.138. The van der Waals surface area contributed by atoms with Gasteiger partial charge in [-0.05, 0) is 17.8 Å². The molecule has 0 aliphatic heterocycles. The number of hydrogen-bond donors (Lipinski definition) is 1. The molecule has 0 saturated carbocycles. The van der Waals surface area contributed by atoms with Gasteiger partial charge in [-0.25, -0.2) is 9.50 Å². The third-order valence-corrected chi connectivity index (χ3v) is 1.92. The van der Waals surface area contributed by atoms with Crippen LogP contribution in [0.3, 0.4) is 0 Å². The van der Waals surface area contributed by atoms with Gasteiger partial charge in [0.25, 0.3) is 5.56 Å². The fraction of sp³-hybridized carbons (Fsp3) is 0.143. The molecule has 13 heavy (non-hydrogen) atoms. The lowest BCUT2D eigenvalue weighted by atomic mass is 9.95. The first kappa shape index (κ1) is 8.16. The highest BCUT2D eigenvalue weighted by Gasteiger charge is 2.06. The van der Waals surface area contributed by atoms with E-state index in [2.05, 4.69) is 10.1 Å². The number of H-pyrrole nitrogens is 1. The van der Waals surface area contributed by atoms with Crippen LogP contribution < -0.4 is 16.5 Å². The summed E-state index contributed by atoms with van der Waals surface area (Å²) in [6.45, 7) is 1.67. The minimum Gasteiger partial charge on any atom is -0.297 e. The van der Waals surface area contributed by atoms with Gasteiger partial charge in [-0.3, -0.25) is 9.89 Å². The lowest BCUT2D eigenvalue weighted by molar-refractivity contribution is 0.900. The van der Waals surface area contributed by atoms with Gasteiger partial charge < -0.3 is 0 Å². The molecule has 0 aromatic carbocycles. The van der Waals surface area contributed by atoms with Crippen molar-refractivity contribution in [3.05, 3.63) is 22.2 Å². The molecule has 6 heteroatoms. The van der Waals surface area contributed by atoms with E-state index in [0.717, 1.165) is 0 Å². The zero-order valence-corrected chi connectivity index (χ0v) is 7.03. The quantitative estimate of drug-likeness (QED) is 0.460. The van der Waals surface area contributed by atoms with E-state index in [1.165, 1.54) is 10.7 Å². The number of nitrogens with one attached hydrogen (secondary N) is 1. The average molecular weight is 169 g/mol. The molecular weight excluding hydrogens is 164 g/mol. The van der Waals surface area contributed by atoms with E-state index in [4.69, 9.17) is 15.7 Å². The maximum Gasteiger partial charge on any atom is 0.265 e. The first-order chi connectivity index (χ1) is 6.11. The van der Waals surface area contributed by atoms with E-state index < -0.39 is 0 Å². The van der Waals surface area contributed by atoms with Gasteiger partial charge >= 0.3 is 0 Å². The van der Waals surface area contributed by atoms with Gasteiger partial charge in [-0.1, -0.05) is 0 Å². The van der Waals surface area contributed by atoms with Gasteiger partial charge in [0.15, 0.2) is 0 Å². The summed E-state index contributed by atoms with van der Waals surface area (Å²) in [5, 5.41) is 2.66. The SMILES string of the molecule is [B]c1c(C)nc2c([B])c[nH]n2c1=O. The fourth-order valence-electron chi connectivity index (χ4n) is 1.15. The third-order valence-electron chi connectivity index (χ3n) is 1.92. The van der Waals surface area contributed by atoms with Crippen LogP contribution in [0.5, 0.6) is 0 Å². The molecule has 0 aliphatic rings. The fourth-order valence-corrected chi connectivity index (χ4v) is 1.15. The van der Waals surface area contributed by atoms with Crippen LogP contribution in [0.1, 0.15) is 5.69 Å². The highest BCUT2D eigenvalue weighted by Crippen LogP contribution is 1.89. The molecule has 0 amide bonds. The van der Waals surface area contributed by atoms with Gasteiger partial charge in [0.2, 0.25) is 0 Å². The van der Waals surface area contributed by atoms with Crippen molar-refractivity contribution >= 4 is 32.3 Å². The molecule has 0 unspecified atom stereocenters. The summed E-state index contributed by atoms with van der Waals surface area (Å²) in [6, 6.07) is 0. The molecule has 4 radical (unpaired) electrons. The van der Waals surface area contributed by atoms with Gasteiger partial charge in [-0.2, -0.15) is 0 Å². The largest absolute Gasteiger partial charge is 0.297 e. The zero-order valence-electron chi connectivity index (χ0n) is 7.03. The second kappa shape index (κ2) is 2.52. The second-order valence-electron chi connectivity index (χ2n) is 2.80. The van der Waals surface area contributed by atoms with Crippen molar-refractivity contribution < 1.29 is 0 Å². The summed E-state index contributed by atoms with van der Waals surface area (Å²) >= 11 is 0. The number of nitrogens with zero attached hydrogens (tertiary/aromatic N) is 2. The van der Waals surface area contributed by atoms with E-state index in [1.54, 1.807) is 6.92 Å². The maximum absolute atomic E-state index is 11.5. The second-order valence-corrected chi connectivity index (χ2v) is 2.80. The number of fused-ring (bicyclic) bond motifs is 1. The van der Waals surface area contributed by atoms with Crippen LogP contribution in [0.25, 0.3) is 5.65 Å². The Hall–Kier alpha value is -1.45. The van der Waals surface area contributed by atoms with Crippen molar-refractivity contribution in [3.8, 4) is 0 Å². The van der Waals surface area contributed by atoms with Crippen LogP contribution in [-0.4, -0.2) is 30.3 Å². The van der Waals surface area contributed by atoms with Crippen molar-refractivity contribution in [2.75, 3.05) is 0 Å². The number of aryl methyl sites for hydroxylation is 1. The summed E-state index contributed by atoms with van der Waals surface area (Å²) in [7, 11) is 11.1. The molecule has 0 saturated heterocycles. The van der Waals surface area contributed by atoms with Crippen molar-refractivity contribution in [3.63, 3.8) is 0 Å². The Morgan fingerprint density at radius 3 is 2.92 bits per heavy atom. The molecule has 0 spiro atoms. The third kappa shape index (κ3) is 1.02. The van der Waals surface area contributed by atoms with Crippen LogP contribution in [0.4, 0.5) is 0 Å². The predicted molar refractivity (Wildman–Crippen MR) is 51.3 cm³/mol. The van der Waals surface area contributed by atoms with E-state index in [0.29, 0.717) is 16.8 Å². The van der Waals surface area contributed by atoms with E-state index in [-0.39, 0.29) is 11.0 Å². The number of aromatic nitrogens is 3. The Balaban J connectivity index is 3.05. The zero-order chi connectivity index (χ0) is 9.59. The minimum atomic E-state index is -0.320. The van der Waals surface area contributed by atoms with E-state index in [1.807, 2.05) is 0 Å². The van der Waals surface area contributed by atoms with Crippen molar-refractivity contribution in [1.82, 2.24) is 14.6 Å². The Morgan fingerprint density at radius 1 is 1.54 bits per heavy atom. The first-order valence-electron chi connectivity index (χ1n) is 3.73. The van der Waals surface area contributed by atoms with Crippen LogP contribution in [-0.2, 0) is 0 Å². The predicted octanol–water partition coefficient (Wildman–Crippen LogP) is -2.08. The highest BCUT2D eigenvalue weighted by molar-refractivity contribution is 6.36. The van der Waals surface area contributed by atoms with Gasteiger partial charge in [0, 0.05) is 11.9 Å². The lowest BCUT2D eigenvalue weighted by Gasteiger charge is -2.00. The summed E-state index contributed by atoms with van der Waals surface area (Å²) in [4.78, 5) is 15.6. The Bertz CT molecular complexity index is 528. The maximum atomic E-state index is 11.5. The van der Waals surface area contributed by atoms with Crippen LogP contribution in [0.15, 0.2) is 11.0 Å². The monoisotopic (exact) mass is 169 g/mol. The molecule has 2 aromatic heterocycles. The molecular formula is C7H5B2N3O. The molecule has 60 valence electrons. The van der Waals surface area contributed by atoms with Crippen molar-refractivity contribution in [1.29, 1.82) is 0 Å². The molecule has 1 N–H and O–H groups in total. The summed E-state index contributed by atoms with van der Waals surface area (Å²) in [6.07, 6.45) is 1.50. The Labute approximate surface area is 76.8 Å². The van der Waals surface area contributed by atoms with Crippen LogP contribution in [0.2, 0.25) is 0 Å². The molecule has 4 nitrogen and oxygen atoms in total. The lowest BCUT2D eigenvalue weighted by Crippen LogP contribution is -2.35. The normalized spacial score (nSPS) is 10.8. The standard InChI is InChI=1S/C7H5B2N3O/c1-3-5(9)7(13)12-6(11-3)4(8)2-10-12/h2,10H,1H3. The van der Waals surface area contributed by atoms with Gasteiger partial charge in [0.1, 0.15) is 21.3 Å². The van der Waals surface area contributed by atoms with E-state index in [9.17, 15) is 4.79 Å². The van der Waals surface area contributed by atoms with Crippen LogP contribution >= 0.6 is 0 Å². The molecule has 2 heterocycles.